The van der Waals surface area contributed by atoms with Crippen LogP contribution in [0.3, 0.4) is 0 Å². The molecule has 0 saturated heterocycles. The van der Waals surface area contributed by atoms with E-state index in [0.717, 1.165) is 19.4 Å². The minimum atomic E-state index is -0.460. The summed E-state index contributed by atoms with van der Waals surface area (Å²) in [7, 11) is 0. The van der Waals surface area contributed by atoms with Gasteiger partial charge in [-0.15, -0.1) is 0 Å². The Bertz CT molecular complexity index is 282. The van der Waals surface area contributed by atoms with E-state index in [1.54, 1.807) is 6.92 Å². The zero-order chi connectivity index (χ0) is 13.3. The summed E-state index contributed by atoms with van der Waals surface area (Å²) in [5.41, 5.74) is 0.278. The lowest BCUT2D eigenvalue weighted by atomic mass is 10.3. The molecule has 0 aromatic rings. The quantitative estimate of drug-likeness (QED) is 0.383. The van der Waals surface area contributed by atoms with E-state index in [1.807, 2.05) is 0 Å². The van der Waals surface area contributed by atoms with Gasteiger partial charge in [0.2, 0.25) is 0 Å². The maximum Gasteiger partial charge on any atom is 0.336 e. The van der Waals surface area contributed by atoms with Gasteiger partial charge in [0.25, 0.3) is 0 Å². The molecule has 0 aliphatic heterocycles. The summed E-state index contributed by atoms with van der Waals surface area (Å²) in [6, 6.07) is 0. The number of carbonyl (C=O) groups excluding carboxylic acids is 2. The van der Waals surface area contributed by atoms with Gasteiger partial charge in [0.1, 0.15) is 12.9 Å². The van der Waals surface area contributed by atoms with Crippen LogP contribution in [-0.2, 0) is 19.1 Å². The van der Waals surface area contributed by atoms with E-state index in [2.05, 4.69) is 23.5 Å². The molecule has 0 rings (SSSR count). The molecule has 0 fully saturated rings. The molecular weight excluding hydrogens is 222 g/mol. The topological polar surface area (TPSA) is 55.8 Å². The van der Waals surface area contributed by atoms with Gasteiger partial charge in [0, 0.05) is 13.5 Å². The SMILES string of the molecule is CCN(CC)CCOC(=O)C(C)=COC(C)=O. The first-order chi connectivity index (χ1) is 8.01. The molecule has 0 heterocycles. The van der Waals surface area contributed by atoms with Gasteiger partial charge in [-0.1, -0.05) is 13.8 Å². The van der Waals surface area contributed by atoms with Gasteiger partial charge in [-0.25, -0.2) is 4.79 Å². The molecule has 0 atom stereocenters. The number of rotatable bonds is 7. The molecule has 0 radical (unpaired) electrons. The second-order valence-electron chi connectivity index (χ2n) is 3.57. The van der Waals surface area contributed by atoms with Crippen LogP contribution < -0.4 is 0 Å². The third kappa shape index (κ3) is 7.52. The normalized spacial score (nSPS) is 11.5. The molecule has 0 aliphatic rings. The van der Waals surface area contributed by atoms with Crippen molar-refractivity contribution < 1.29 is 19.1 Å². The molecule has 0 aliphatic carbocycles. The van der Waals surface area contributed by atoms with E-state index in [9.17, 15) is 9.59 Å². The molecule has 0 aromatic heterocycles. The van der Waals surface area contributed by atoms with Crippen LogP contribution in [-0.4, -0.2) is 43.1 Å². The maximum atomic E-state index is 11.4. The van der Waals surface area contributed by atoms with E-state index in [4.69, 9.17) is 4.74 Å². The number of hydrogen-bond donors (Lipinski definition) is 0. The molecular formula is C12H21NO4. The molecule has 0 spiro atoms. The van der Waals surface area contributed by atoms with Crippen LogP contribution in [0, 0.1) is 0 Å². The van der Waals surface area contributed by atoms with E-state index >= 15 is 0 Å². The van der Waals surface area contributed by atoms with Crippen LogP contribution in [0.4, 0.5) is 0 Å². The number of esters is 2. The molecule has 5 nitrogen and oxygen atoms in total. The monoisotopic (exact) mass is 243 g/mol. The fourth-order valence-electron chi connectivity index (χ4n) is 1.14. The summed E-state index contributed by atoms with van der Waals surface area (Å²) in [5, 5.41) is 0. The third-order valence-corrected chi connectivity index (χ3v) is 2.26. The Morgan fingerprint density at radius 2 is 1.76 bits per heavy atom. The summed E-state index contributed by atoms with van der Waals surface area (Å²) in [6.45, 7) is 9.82. The Morgan fingerprint density at radius 1 is 1.18 bits per heavy atom. The van der Waals surface area contributed by atoms with E-state index in [0.29, 0.717) is 13.2 Å². The van der Waals surface area contributed by atoms with Crippen molar-refractivity contribution >= 4 is 11.9 Å². The van der Waals surface area contributed by atoms with Crippen molar-refractivity contribution in [2.75, 3.05) is 26.2 Å². The van der Waals surface area contributed by atoms with Gasteiger partial charge in [-0.3, -0.25) is 4.79 Å². The Hall–Kier alpha value is -1.36. The fraction of sp³-hybridized carbons (Fsp3) is 0.667. The van der Waals surface area contributed by atoms with Crippen molar-refractivity contribution in [3.8, 4) is 0 Å². The smallest absolute Gasteiger partial charge is 0.336 e. The van der Waals surface area contributed by atoms with Gasteiger partial charge in [0.05, 0.1) is 5.57 Å². The summed E-state index contributed by atoms with van der Waals surface area (Å²) >= 11 is 0. The highest BCUT2D eigenvalue weighted by Gasteiger charge is 2.07. The minimum Gasteiger partial charge on any atom is -0.461 e. The second kappa shape index (κ2) is 8.75. The van der Waals surface area contributed by atoms with Crippen molar-refractivity contribution in [2.45, 2.75) is 27.7 Å². The fourth-order valence-corrected chi connectivity index (χ4v) is 1.14. The van der Waals surface area contributed by atoms with Gasteiger partial charge >= 0.3 is 11.9 Å². The zero-order valence-electron chi connectivity index (χ0n) is 11.0. The summed E-state index contributed by atoms with van der Waals surface area (Å²) in [5.74, 6) is -0.918. The zero-order valence-corrected chi connectivity index (χ0v) is 11.0. The molecule has 0 aromatic carbocycles. The summed E-state index contributed by atoms with van der Waals surface area (Å²) < 4.78 is 9.61. The Kier molecular flexibility index (Phi) is 8.05. The predicted octanol–water partition coefficient (Wildman–Crippen LogP) is 1.34. The summed E-state index contributed by atoms with van der Waals surface area (Å²) in [6.07, 6.45) is 1.11. The standard InChI is InChI=1S/C12H21NO4/c1-5-13(6-2)7-8-16-12(15)10(3)9-17-11(4)14/h9H,5-8H2,1-4H3. The number of hydrogen-bond acceptors (Lipinski definition) is 5. The van der Waals surface area contributed by atoms with Crippen molar-refractivity contribution in [3.63, 3.8) is 0 Å². The third-order valence-electron chi connectivity index (χ3n) is 2.26. The van der Waals surface area contributed by atoms with E-state index in [-0.39, 0.29) is 5.57 Å². The van der Waals surface area contributed by atoms with Crippen molar-refractivity contribution in [1.29, 1.82) is 0 Å². The van der Waals surface area contributed by atoms with Crippen LogP contribution in [0.25, 0.3) is 0 Å². The van der Waals surface area contributed by atoms with Gasteiger partial charge in [0.15, 0.2) is 0 Å². The van der Waals surface area contributed by atoms with E-state index in [1.165, 1.54) is 6.92 Å². The number of ether oxygens (including phenoxy) is 2. The lowest BCUT2D eigenvalue weighted by Gasteiger charge is -2.17. The number of carbonyl (C=O) groups is 2. The predicted molar refractivity (Wildman–Crippen MR) is 64.3 cm³/mol. The molecule has 0 N–H and O–H groups in total. The first-order valence-corrected chi connectivity index (χ1v) is 5.74. The Balaban J connectivity index is 3.93. The highest BCUT2D eigenvalue weighted by atomic mass is 16.5. The van der Waals surface area contributed by atoms with Gasteiger partial charge in [-0.2, -0.15) is 0 Å². The van der Waals surface area contributed by atoms with Crippen LogP contribution in [0.1, 0.15) is 27.7 Å². The molecule has 0 saturated carbocycles. The average Bonchev–Trinajstić information content (AvgIpc) is 2.31. The van der Waals surface area contributed by atoms with Crippen molar-refractivity contribution in [3.05, 3.63) is 11.8 Å². The highest BCUT2D eigenvalue weighted by Crippen LogP contribution is 1.98. The van der Waals surface area contributed by atoms with Crippen molar-refractivity contribution in [1.82, 2.24) is 4.90 Å². The second-order valence-corrected chi connectivity index (χ2v) is 3.57. The average molecular weight is 243 g/mol. The number of likely N-dealkylation sites (N-methyl/N-ethyl adjacent to an activating group) is 1. The molecule has 0 amide bonds. The number of nitrogens with zero attached hydrogens (tertiary/aromatic N) is 1. The van der Waals surface area contributed by atoms with Crippen LogP contribution >= 0.6 is 0 Å². The van der Waals surface area contributed by atoms with Gasteiger partial charge in [-0.05, 0) is 20.0 Å². The molecule has 98 valence electrons. The van der Waals surface area contributed by atoms with Crippen molar-refractivity contribution in [2.24, 2.45) is 0 Å². The highest BCUT2D eigenvalue weighted by molar-refractivity contribution is 5.87. The van der Waals surface area contributed by atoms with E-state index < -0.39 is 11.9 Å². The summed E-state index contributed by atoms with van der Waals surface area (Å²) in [4.78, 5) is 24.1. The molecule has 0 bridgehead atoms. The minimum absolute atomic E-state index is 0.278. The molecule has 5 heteroatoms. The largest absolute Gasteiger partial charge is 0.461 e. The molecule has 17 heavy (non-hydrogen) atoms. The lowest BCUT2D eigenvalue weighted by Crippen LogP contribution is -2.28. The van der Waals surface area contributed by atoms with Crippen LogP contribution in [0.15, 0.2) is 11.8 Å². The van der Waals surface area contributed by atoms with Crippen LogP contribution in [0.2, 0.25) is 0 Å². The Labute approximate surface area is 102 Å². The maximum absolute atomic E-state index is 11.4. The lowest BCUT2D eigenvalue weighted by molar-refractivity contribution is -0.139. The first-order valence-electron chi connectivity index (χ1n) is 5.74. The first kappa shape index (κ1) is 15.6. The Morgan fingerprint density at radius 3 is 2.24 bits per heavy atom. The molecule has 0 unspecified atom stereocenters. The van der Waals surface area contributed by atoms with Crippen LogP contribution in [0.5, 0.6) is 0 Å². The van der Waals surface area contributed by atoms with Gasteiger partial charge < -0.3 is 14.4 Å².